The molecular weight excluding hydrogens is 599 g/mol. The highest BCUT2D eigenvalue weighted by molar-refractivity contribution is 6.14. The van der Waals surface area contributed by atoms with Crippen molar-refractivity contribution in [2.75, 3.05) is 0 Å². The number of hydrogen-bond donors (Lipinski definition) is 0. The lowest BCUT2D eigenvalue weighted by Gasteiger charge is -2.14. The van der Waals surface area contributed by atoms with Crippen LogP contribution in [-0.2, 0) is 0 Å². The number of aromatic nitrogens is 3. The number of rotatable bonds is 5. The van der Waals surface area contributed by atoms with Gasteiger partial charge in [0.2, 0.25) is 0 Å². The third-order valence-corrected chi connectivity index (χ3v) is 9.55. The van der Waals surface area contributed by atoms with Gasteiger partial charge >= 0.3 is 0 Å². The molecule has 7 aromatic carbocycles. The maximum absolute atomic E-state index is 6.84. The fourth-order valence-electron chi connectivity index (χ4n) is 7.42. The normalized spacial score (nSPS) is 11.7. The van der Waals surface area contributed by atoms with Crippen LogP contribution < -0.4 is 0 Å². The summed E-state index contributed by atoms with van der Waals surface area (Å²) in [6.45, 7) is 0. The lowest BCUT2D eigenvalue weighted by atomic mass is 9.93. The molecular formula is C45H29N3O. The molecule has 49 heavy (non-hydrogen) atoms. The van der Waals surface area contributed by atoms with E-state index in [0.717, 1.165) is 78.0 Å². The number of nitrogens with zero attached hydrogens (tertiary/aromatic N) is 3. The maximum atomic E-state index is 6.84. The first-order chi connectivity index (χ1) is 24.3. The van der Waals surface area contributed by atoms with E-state index in [0.29, 0.717) is 0 Å². The fraction of sp³-hybridized carbons (Fsp3) is 0. The summed E-state index contributed by atoms with van der Waals surface area (Å²) in [5.41, 5.74) is 12.1. The van der Waals surface area contributed by atoms with Crippen LogP contribution in [0.2, 0.25) is 0 Å². The summed E-state index contributed by atoms with van der Waals surface area (Å²) in [5, 5.41) is 10.0. The van der Waals surface area contributed by atoms with Crippen molar-refractivity contribution in [2.45, 2.75) is 0 Å². The molecule has 0 aliphatic heterocycles. The van der Waals surface area contributed by atoms with Gasteiger partial charge in [0.1, 0.15) is 16.9 Å². The van der Waals surface area contributed by atoms with Gasteiger partial charge in [-0.05, 0) is 42.5 Å². The Morgan fingerprint density at radius 3 is 1.67 bits per heavy atom. The molecule has 3 heterocycles. The minimum atomic E-state index is 0.840. The van der Waals surface area contributed by atoms with Crippen molar-refractivity contribution in [3.63, 3.8) is 0 Å². The van der Waals surface area contributed by atoms with Crippen molar-refractivity contribution in [1.29, 1.82) is 0 Å². The summed E-state index contributed by atoms with van der Waals surface area (Å²) < 4.78 is 11.3. The molecule has 0 spiro atoms. The van der Waals surface area contributed by atoms with Gasteiger partial charge < -0.3 is 8.98 Å². The van der Waals surface area contributed by atoms with Crippen LogP contribution in [0.3, 0.4) is 0 Å². The van der Waals surface area contributed by atoms with Crippen LogP contribution in [0.5, 0.6) is 0 Å². The van der Waals surface area contributed by atoms with Crippen LogP contribution in [0.15, 0.2) is 180 Å². The molecule has 0 atom stereocenters. The molecule has 0 fully saturated rings. The summed E-state index contributed by atoms with van der Waals surface area (Å²) in [5.74, 6) is 0. The Morgan fingerprint density at radius 1 is 0.449 bits per heavy atom. The van der Waals surface area contributed by atoms with Gasteiger partial charge in [0.25, 0.3) is 0 Å². The van der Waals surface area contributed by atoms with E-state index in [9.17, 15) is 0 Å². The molecule has 4 heteroatoms. The summed E-state index contributed by atoms with van der Waals surface area (Å²) in [6, 6.07) is 61.7. The Morgan fingerprint density at radius 2 is 1.00 bits per heavy atom. The van der Waals surface area contributed by atoms with Gasteiger partial charge in [-0.3, -0.25) is 0 Å². The largest absolute Gasteiger partial charge is 0.455 e. The molecule has 230 valence electrons. The predicted molar refractivity (Wildman–Crippen MR) is 201 cm³/mol. The van der Waals surface area contributed by atoms with Crippen LogP contribution in [-0.4, -0.2) is 14.3 Å². The van der Waals surface area contributed by atoms with Crippen molar-refractivity contribution in [1.82, 2.24) is 14.3 Å². The van der Waals surface area contributed by atoms with Gasteiger partial charge in [-0.2, -0.15) is 5.10 Å². The zero-order chi connectivity index (χ0) is 32.3. The van der Waals surface area contributed by atoms with E-state index in [1.165, 1.54) is 10.8 Å². The molecule has 0 unspecified atom stereocenters. The number of benzene rings is 7. The van der Waals surface area contributed by atoms with Crippen LogP contribution in [0, 0.1) is 0 Å². The number of furan rings is 1. The highest BCUT2D eigenvalue weighted by atomic mass is 16.3. The van der Waals surface area contributed by atoms with Crippen LogP contribution in [0.1, 0.15) is 0 Å². The van der Waals surface area contributed by atoms with Gasteiger partial charge in [-0.25, -0.2) is 4.68 Å². The van der Waals surface area contributed by atoms with Crippen LogP contribution >= 0.6 is 0 Å². The molecule has 0 saturated heterocycles. The molecule has 3 aromatic heterocycles. The fourth-order valence-corrected chi connectivity index (χ4v) is 7.42. The highest BCUT2D eigenvalue weighted by Gasteiger charge is 2.27. The SMILES string of the molecule is c1ccc(-c2nn(-c3ccccc3)c(-c3ccccc3)c2-c2cc(-n3c4ccccc4c4ccccc43)cc3c2oc2ccccc23)cc1. The van der Waals surface area contributed by atoms with Gasteiger partial charge in [0, 0.05) is 49.5 Å². The lowest BCUT2D eigenvalue weighted by Crippen LogP contribution is -1.99. The van der Waals surface area contributed by atoms with E-state index in [-0.39, 0.29) is 0 Å². The predicted octanol–water partition coefficient (Wildman–Crippen LogP) is 11.9. The first kappa shape index (κ1) is 27.5. The number of hydrogen-bond acceptors (Lipinski definition) is 2. The molecule has 0 N–H and O–H groups in total. The van der Waals surface area contributed by atoms with E-state index < -0.39 is 0 Å². The molecule has 10 aromatic rings. The molecule has 0 amide bonds. The van der Waals surface area contributed by atoms with Gasteiger partial charge in [0.05, 0.1) is 22.4 Å². The molecule has 10 rings (SSSR count). The lowest BCUT2D eigenvalue weighted by molar-refractivity contribution is 0.670. The highest BCUT2D eigenvalue weighted by Crippen LogP contribution is 2.47. The second-order valence-electron chi connectivity index (χ2n) is 12.4. The minimum Gasteiger partial charge on any atom is -0.455 e. The molecule has 0 saturated carbocycles. The van der Waals surface area contributed by atoms with E-state index in [1.807, 2.05) is 12.1 Å². The molecule has 0 aliphatic carbocycles. The average Bonchev–Trinajstić information content (AvgIpc) is 3.86. The summed E-state index contributed by atoms with van der Waals surface area (Å²) in [7, 11) is 0. The van der Waals surface area contributed by atoms with Crippen LogP contribution in [0.4, 0.5) is 0 Å². The minimum absolute atomic E-state index is 0.840. The topological polar surface area (TPSA) is 35.9 Å². The van der Waals surface area contributed by atoms with Crippen molar-refractivity contribution in [2.24, 2.45) is 0 Å². The van der Waals surface area contributed by atoms with Gasteiger partial charge in [-0.1, -0.05) is 133 Å². The molecule has 0 aliphatic rings. The summed E-state index contributed by atoms with van der Waals surface area (Å²) >= 11 is 0. The summed E-state index contributed by atoms with van der Waals surface area (Å²) in [4.78, 5) is 0. The van der Waals surface area contributed by atoms with E-state index >= 15 is 0 Å². The Kier molecular flexibility index (Phi) is 6.15. The maximum Gasteiger partial charge on any atom is 0.143 e. The first-order valence-corrected chi connectivity index (χ1v) is 16.6. The quantitative estimate of drug-likeness (QED) is 0.190. The Labute approximate surface area is 282 Å². The second-order valence-corrected chi connectivity index (χ2v) is 12.4. The Balaban J connectivity index is 1.40. The summed E-state index contributed by atoms with van der Waals surface area (Å²) in [6.07, 6.45) is 0. The zero-order valence-corrected chi connectivity index (χ0v) is 26.5. The van der Waals surface area contributed by atoms with Crippen molar-refractivity contribution in [3.8, 4) is 45.0 Å². The van der Waals surface area contributed by atoms with Gasteiger partial charge in [-0.15, -0.1) is 0 Å². The molecule has 0 radical (unpaired) electrons. The smallest absolute Gasteiger partial charge is 0.143 e. The van der Waals surface area contributed by atoms with Gasteiger partial charge in [0.15, 0.2) is 0 Å². The van der Waals surface area contributed by atoms with E-state index in [1.54, 1.807) is 0 Å². The standard InChI is InChI=1S/C45H29N3O/c1-4-16-30(17-5-1)43-42(44(31-18-6-2-7-19-31)48(46-43)32-20-8-3-9-21-32)38-29-33(28-37-36-24-12-15-27-41(36)49-45(37)38)47-39-25-13-10-22-34(39)35-23-11-14-26-40(35)47/h1-29H. The second kappa shape index (κ2) is 11.0. The zero-order valence-electron chi connectivity index (χ0n) is 26.5. The number of para-hydroxylation sites is 4. The van der Waals surface area contributed by atoms with Crippen LogP contribution in [0.25, 0.3) is 88.8 Å². The van der Waals surface area contributed by atoms with E-state index in [4.69, 9.17) is 9.52 Å². The van der Waals surface area contributed by atoms with Crippen molar-refractivity contribution >= 4 is 43.7 Å². The average molecular weight is 628 g/mol. The third-order valence-electron chi connectivity index (χ3n) is 9.55. The Bertz CT molecular complexity index is 2750. The molecule has 4 nitrogen and oxygen atoms in total. The Hall–Kier alpha value is -6.65. The monoisotopic (exact) mass is 627 g/mol. The van der Waals surface area contributed by atoms with E-state index in [2.05, 4.69) is 173 Å². The molecule has 0 bridgehead atoms. The first-order valence-electron chi connectivity index (χ1n) is 16.6. The number of fused-ring (bicyclic) bond motifs is 6. The van der Waals surface area contributed by atoms with Crippen molar-refractivity contribution < 1.29 is 4.42 Å². The third kappa shape index (κ3) is 4.28. The van der Waals surface area contributed by atoms with Crippen molar-refractivity contribution in [3.05, 3.63) is 176 Å².